The molecule has 6 rings (SSSR count). The number of nitrogens with zero attached hydrogens (tertiary/aromatic N) is 5. The second-order valence-electron chi connectivity index (χ2n) is 8.29. The lowest BCUT2D eigenvalue weighted by Gasteiger charge is -2.09. The number of rotatable bonds is 5. The molecule has 0 aliphatic carbocycles. The topological polar surface area (TPSA) is 64.5 Å². The number of benzene rings is 3. The van der Waals surface area contributed by atoms with Crippen molar-refractivity contribution in [1.82, 2.24) is 24.9 Å². The van der Waals surface area contributed by atoms with Gasteiger partial charge in [0.1, 0.15) is 0 Å². The minimum atomic E-state index is 0.638. The first-order valence-corrected chi connectivity index (χ1v) is 11.7. The molecule has 0 fully saturated rings. The first kappa shape index (κ1) is 21.5. The summed E-state index contributed by atoms with van der Waals surface area (Å²) in [7, 11) is 0. The summed E-state index contributed by atoms with van der Waals surface area (Å²) in [6, 6.07) is 36.2. The first-order chi connectivity index (χ1) is 17.8. The van der Waals surface area contributed by atoms with E-state index >= 15 is 0 Å². The average molecular weight is 464 g/mol. The van der Waals surface area contributed by atoms with Crippen molar-refractivity contribution in [2.75, 3.05) is 0 Å². The van der Waals surface area contributed by atoms with Gasteiger partial charge in [0.25, 0.3) is 0 Å². The van der Waals surface area contributed by atoms with Crippen LogP contribution in [-0.4, -0.2) is 24.9 Å². The molecule has 0 atom stereocenters. The summed E-state index contributed by atoms with van der Waals surface area (Å²) in [4.78, 5) is 23.2. The zero-order chi connectivity index (χ0) is 24.2. The molecule has 3 heterocycles. The van der Waals surface area contributed by atoms with Crippen molar-refractivity contribution in [2.24, 2.45) is 0 Å². The molecule has 6 aromatic rings. The summed E-state index contributed by atoms with van der Waals surface area (Å²) < 4.78 is 0. The third-order valence-corrected chi connectivity index (χ3v) is 5.90. The number of aromatic nitrogens is 5. The lowest BCUT2D eigenvalue weighted by atomic mass is 10.0. The van der Waals surface area contributed by atoms with Crippen LogP contribution >= 0.6 is 0 Å². The average Bonchev–Trinajstić information content (AvgIpc) is 2.98. The maximum Gasteiger partial charge on any atom is 0.164 e. The fraction of sp³-hybridized carbons (Fsp3) is 0. The molecule has 0 aliphatic rings. The Balaban J connectivity index is 1.35. The van der Waals surface area contributed by atoms with Crippen molar-refractivity contribution in [3.05, 3.63) is 128 Å². The van der Waals surface area contributed by atoms with Gasteiger partial charge in [-0.05, 0) is 23.8 Å². The molecule has 5 nitrogen and oxygen atoms in total. The van der Waals surface area contributed by atoms with Gasteiger partial charge in [-0.1, -0.05) is 91.0 Å². The highest BCUT2D eigenvalue weighted by molar-refractivity contribution is 5.71. The Labute approximate surface area is 209 Å². The molecule has 0 N–H and O–H groups in total. The van der Waals surface area contributed by atoms with Gasteiger partial charge in [0, 0.05) is 46.4 Å². The van der Waals surface area contributed by atoms with E-state index in [1.807, 2.05) is 103 Å². The van der Waals surface area contributed by atoms with Gasteiger partial charge in [0.05, 0.1) is 5.69 Å². The van der Waals surface area contributed by atoms with Crippen LogP contribution in [0.25, 0.3) is 56.5 Å². The van der Waals surface area contributed by atoms with Crippen molar-refractivity contribution >= 4 is 0 Å². The zero-order valence-electron chi connectivity index (χ0n) is 19.4. The minimum absolute atomic E-state index is 0.638. The molecule has 0 unspecified atom stereocenters. The Bertz CT molecular complexity index is 1530. The van der Waals surface area contributed by atoms with E-state index < -0.39 is 0 Å². The van der Waals surface area contributed by atoms with Gasteiger partial charge in [-0.2, -0.15) is 0 Å². The Morgan fingerprint density at radius 1 is 0.361 bits per heavy atom. The van der Waals surface area contributed by atoms with Gasteiger partial charge < -0.3 is 0 Å². The van der Waals surface area contributed by atoms with Gasteiger partial charge in [0.15, 0.2) is 17.5 Å². The van der Waals surface area contributed by atoms with Crippen LogP contribution in [0.3, 0.4) is 0 Å². The standard InChI is InChI=1S/C31H21N5/c1-3-8-23(9-4-1)29-34-30(24-10-5-2-6-11-24)36-31(35-29)25-15-13-22(14-16-25)26-17-18-28(33-21-26)27-12-7-19-32-20-27/h1-21H. The van der Waals surface area contributed by atoms with Crippen LogP contribution in [0.15, 0.2) is 128 Å². The van der Waals surface area contributed by atoms with E-state index in [-0.39, 0.29) is 0 Å². The van der Waals surface area contributed by atoms with E-state index in [1.165, 1.54) is 0 Å². The summed E-state index contributed by atoms with van der Waals surface area (Å²) in [6.07, 6.45) is 5.47. The summed E-state index contributed by atoms with van der Waals surface area (Å²) >= 11 is 0. The van der Waals surface area contributed by atoms with Crippen LogP contribution in [0.5, 0.6) is 0 Å². The van der Waals surface area contributed by atoms with Crippen molar-refractivity contribution in [1.29, 1.82) is 0 Å². The van der Waals surface area contributed by atoms with Gasteiger partial charge in [-0.25, -0.2) is 15.0 Å². The molecular weight excluding hydrogens is 442 g/mol. The molecule has 0 saturated heterocycles. The van der Waals surface area contributed by atoms with Crippen molar-refractivity contribution in [3.63, 3.8) is 0 Å². The van der Waals surface area contributed by atoms with Crippen molar-refractivity contribution < 1.29 is 0 Å². The molecule has 170 valence electrons. The lowest BCUT2D eigenvalue weighted by Crippen LogP contribution is -2.00. The van der Waals surface area contributed by atoms with E-state index in [0.29, 0.717) is 17.5 Å². The van der Waals surface area contributed by atoms with E-state index in [0.717, 1.165) is 39.1 Å². The molecule has 0 spiro atoms. The minimum Gasteiger partial charge on any atom is -0.264 e. The van der Waals surface area contributed by atoms with Gasteiger partial charge >= 0.3 is 0 Å². The fourth-order valence-corrected chi connectivity index (χ4v) is 4.00. The fourth-order valence-electron chi connectivity index (χ4n) is 4.00. The molecule has 5 heteroatoms. The number of hydrogen-bond donors (Lipinski definition) is 0. The SMILES string of the molecule is c1ccc(-c2nc(-c3ccccc3)nc(-c3ccc(-c4ccc(-c5cccnc5)nc4)cc3)n2)cc1. The van der Waals surface area contributed by atoms with E-state index in [2.05, 4.69) is 28.2 Å². The third-order valence-electron chi connectivity index (χ3n) is 5.90. The summed E-state index contributed by atoms with van der Waals surface area (Å²) in [6.45, 7) is 0. The van der Waals surface area contributed by atoms with Crippen LogP contribution in [0.1, 0.15) is 0 Å². The molecule has 0 radical (unpaired) electrons. The van der Waals surface area contributed by atoms with E-state index in [4.69, 9.17) is 15.0 Å². The maximum absolute atomic E-state index is 4.81. The van der Waals surface area contributed by atoms with Crippen molar-refractivity contribution in [2.45, 2.75) is 0 Å². The number of hydrogen-bond acceptors (Lipinski definition) is 5. The quantitative estimate of drug-likeness (QED) is 0.275. The van der Waals surface area contributed by atoms with Gasteiger partial charge in [-0.15, -0.1) is 0 Å². The molecule has 3 aromatic heterocycles. The smallest absolute Gasteiger partial charge is 0.164 e. The normalized spacial score (nSPS) is 10.8. The second-order valence-corrected chi connectivity index (χ2v) is 8.29. The van der Waals surface area contributed by atoms with Crippen LogP contribution in [0.4, 0.5) is 0 Å². The van der Waals surface area contributed by atoms with E-state index in [1.54, 1.807) is 6.20 Å². The lowest BCUT2D eigenvalue weighted by molar-refractivity contribution is 1.07. The van der Waals surface area contributed by atoms with Gasteiger partial charge in [0.2, 0.25) is 0 Å². The Morgan fingerprint density at radius 2 is 0.861 bits per heavy atom. The first-order valence-electron chi connectivity index (χ1n) is 11.7. The summed E-state index contributed by atoms with van der Waals surface area (Å²) in [5.74, 6) is 1.94. The monoisotopic (exact) mass is 463 g/mol. The van der Waals surface area contributed by atoms with Crippen LogP contribution in [-0.2, 0) is 0 Å². The van der Waals surface area contributed by atoms with Crippen LogP contribution in [0, 0.1) is 0 Å². The summed E-state index contributed by atoms with van der Waals surface area (Å²) in [5.41, 5.74) is 6.84. The second kappa shape index (κ2) is 9.68. The van der Waals surface area contributed by atoms with Gasteiger partial charge in [-0.3, -0.25) is 9.97 Å². The highest BCUT2D eigenvalue weighted by Gasteiger charge is 2.12. The highest BCUT2D eigenvalue weighted by Crippen LogP contribution is 2.27. The molecule has 3 aromatic carbocycles. The van der Waals surface area contributed by atoms with Crippen LogP contribution < -0.4 is 0 Å². The molecule has 36 heavy (non-hydrogen) atoms. The molecule has 0 bridgehead atoms. The van der Waals surface area contributed by atoms with E-state index in [9.17, 15) is 0 Å². The molecule has 0 amide bonds. The zero-order valence-corrected chi connectivity index (χ0v) is 19.4. The Hall–Kier alpha value is -5.03. The third kappa shape index (κ3) is 4.50. The Morgan fingerprint density at radius 3 is 1.36 bits per heavy atom. The predicted octanol–water partition coefficient (Wildman–Crippen LogP) is 7.00. The summed E-state index contributed by atoms with van der Waals surface area (Å²) in [5, 5.41) is 0. The van der Waals surface area contributed by atoms with Crippen molar-refractivity contribution in [3.8, 4) is 56.5 Å². The highest BCUT2D eigenvalue weighted by atomic mass is 15.0. The Kier molecular flexibility index (Phi) is 5.78. The largest absolute Gasteiger partial charge is 0.264 e. The number of pyridine rings is 2. The van der Waals surface area contributed by atoms with Crippen LogP contribution in [0.2, 0.25) is 0 Å². The molecule has 0 aliphatic heterocycles. The maximum atomic E-state index is 4.81. The molecule has 0 saturated carbocycles. The molecular formula is C31H21N5. The predicted molar refractivity (Wildman–Crippen MR) is 143 cm³/mol.